The Bertz CT molecular complexity index is 1020. The maximum Gasteiger partial charge on any atom is 0.269 e. The maximum absolute atomic E-state index is 12.5. The molecule has 30 heavy (non-hydrogen) atoms. The van der Waals surface area contributed by atoms with Crippen molar-refractivity contribution in [1.29, 1.82) is 0 Å². The van der Waals surface area contributed by atoms with Crippen LogP contribution in [0.3, 0.4) is 0 Å². The van der Waals surface area contributed by atoms with Gasteiger partial charge in [0, 0.05) is 44.1 Å². The van der Waals surface area contributed by atoms with Crippen molar-refractivity contribution in [2.75, 3.05) is 19.8 Å². The Hall–Kier alpha value is -3.18. The van der Waals surface area contributed by atoms with Gasteiger partial charge in [0.1, 0.15) is 0 Å². The van der Waals surface area contributed by atoms with Crippen LogP contribution >= 0.6 is 0 Å². The minimum atomic E-state index is -3.81. The van der Waals surface area contributed by atoms with Crippen molar-refractivity contribution in [3.63, 3.8) is 0 Å². The minimum Gasteiger partial charge on any atom is -0.490 e. The second-order valence-corrected chi connectivity index (χ2v) is 8.27. The number of nitro groups is 1. The molecule has 1 amide bonds. The van der Waals surface area contributed by atoms with Gasteiger partial charge in [-0.15, -0.1) is 0 Å². The van der Waals surface area contributed by atoms with E-state index in [9.17, 15) is 23.3 Å². The van der Waals surface area contributed by atoms with Crippen molar-refractivity contribution < 1.29 is 27.6 Å². The predicted octanol–water partition coefficient (Wildman–Crippen LogP) is 1.74. The van der Waals surface area contributed by atoms with Crippen LogP contribution in [0.2, 0.25) is 0 Å². The number of hydrogen-bond acceptors (Lipinski definition) is 7. The Labute approximate surface area is 173 Å². The van der Waals surface area contributed by atoms with Crippen LogP contribution < -0.4 is 19.5 Å². The summed E-state index contributed by atoms with van der Waals surface area (Å²) in [5.41, 5.74) is 0.663. The molecule has 10 nitrogen and oxygen atoms in total. The monoisotopic (exact) mass is 435 g/mol. The molecule has 2 aromatic carbocycles. The van der Waals surface area contributed by atoms with Crippen molar-refractivity contribution in [2.45, 2.75) is 24.3 Å². The van der Waals surface area contributed by atoms with Crippen LogP contribution in [0.5, 0.6) is 11.5 Å². The first kappa shape index (κ1) is 21.5. The van der Waals surface area contributed by atoms with Crippen LogP contribution in [0, 0.1) is 10.1 Å². The Morgan fingerprint density at radius 3 is 2.47 bits per heavy atom. The Balaban J connectivity index is 1.48. The number of carbonyl (C=O) groups excluding carboxylic acids is 1. The number of ether oxygens (including phenoxy) is 2. The fourth-order valence-corrected chi connectivity index (χ4v) is 3.76. The van der Waals surface area contributed by atoms with E-state index < -0.39 is 14.9 Å². The number of sulfonamides is 1. The highest BCUT2D eigenvalue weighted by atomic mass is 32.2. The van der Waals surface area contributed by atoms with Gasteiger partial charge in [0.05, 0.1) is 23.0 Å². The van der Waals surface area contributed by atoms with Crippen molar-refractivity contribution in [3.8, 4) is 11.5 Å². The summed E-state index contributed by atoms with van der Waals surface area (Å²) in [7, 11) is -3.81. The van der Waals surface area contributed by atoms with Gasteiger partial charge in [-0.3, -0.25) is 14.9 Å². The zero-order chi connectivity index (χ0) is 21.6. The van der Waals surface area contributed by atoms with Crippen LogP contribution in [0.15, 0.2) is 47.4 Å². The van der Waals surface area contributed by atoms with Crippen LogP contribution in [0.4, 0.5) is 5.69 Å². The quantitative estimate of drug-likeness (QED) is 0.476. The molecular weight excluding hydrogens is 414 g/mol. The average molecular weight is 435 g/mol. The number of nitrogens with zero attached hydrogens (tertiary/aromatic N) is 1. The van der Waals surface area contributed by atoms with Crippen LogP contribution in [-0.2, 0) is 21.4 Å². The summed E-state index contributed by atoms with van der Waals surface area (Å²) in [6.07, 6.45) is 0.654. The fraction of sp³-hybridized carbons (Fsp3) is 0.316. The number of benzene rings is 2. The lowest BCUT2D eigenvalue weighted by molar-refractivity contribution is -0.384. The molecule has 0 aromatic heterocycles. The van der Waals surface area contributed by atoms with Gasteiger partial charge in [0.15, 0.2) is 11.5 Å². The van der Waals surface area contributed by atoms with E-state index in [4.69, 9.17) is 9.47 Å². The highest BCUT2D eigenvalue weighted by Gasteiger charge is 2.19. The topological polar surface area (TPSA) is 137 Å². The van der Waals surface area contributed by atoms with Gasteiger partial charge in [-0.2, -0.15) is 0 Å². The maximum atomic E-state index is 12.5. The van der Waals surface area contributed by atoms with Crippen LogP contribution in [0.1, 0.15) is 18.4 Å². The minimum absolute atomic E-state index is 0.0260. The second-order valence-electron chi connectivity index (χ2n) is 6.51. The van der Waals surface area contributed by atoms with E-state index in [-0.39, 0.29) is 36.0 Å². The number of nitrogens with one attached hydrogen (secondary N) is 2. The van der Waals surface area contributed by atoms with Gasteiger partial charge in [-0.25, -0.2) is 13.1 Å². The van der Waals surface area contributed by atoms with Crippen molar-refractivity contribution in [3.05, 3.63) is 58.1 Å². The number of carbonyl (C=O) groups is 1. The standard InChI is InChI=1S/C19H21N3O7S/c23-19(20-13-14-2-4-15(5-3-14)22(24)25)8-9-21-30(26,27)16-6-7-17-18(12-16)29-11-1-10-28-17/h2-7,12,21H,1,8-11,13H2,(H,20,23). The molecule has 0 atom stereocenters. The van der Waals surface area contributed by atoms with E-state index in [1.54, 1.807) is 18.2 Å². The van der Waals surface area contributed by atoms with Gasteiger partial charge in [0.2, 0.25) is 15.9 Å². The largest absolute Gasteiger partial charge is 0.490 e. The molecule has 0 radical (unpaired) electrons. The molecule has 3 rings (SSSR count). The number of fused-ring (bicyclic) bond motifs is 1. The highest BCUT2D eigenvalue weighted by Crippen LogP contribution is 2.31. The van der Waals surface area contributed by atoms with E-state index in [1.165, 1.54) is 24.3 Å². The average Bonchev–Trinajstić information content (AvgIpc) is 2.97. The smallest absolute Gasteiger partial charge is 0.269 e. The summed E-state index contributed by atoms with van der Waals surface area (Å²) in [5, 5.41) is 13.3. The third-order valence-electron chi connectivity index (χ3n) is 4.31. The third kappa shape index (κ3) is 5.67. The van der Waals surface area contributed by atoms with Gasteiger partial charge in [-0.05, 0) is 17.7 Å². The summed E-state index contributed by atoms with van der Waals surface area (Å²) >= 11 is 0. The summed E-state index contributed by atoms with van der Waals surface area (Å²) < 4.78 is 38.3. The third-order valence-corrected chi connectivity index (χ3v) is 5.77. The van der Waals surface area contributed by atoms with Gasteiger partial charge in [0.25, 0.3) is 5.69 Å². The SMILES string of the molecule is O=C(CCNS(=O)(=O)c1ccc2c(c1)OCCCO2)NCc1ccc([N+](=O)[O-])cc1. The molecule has 160 valence electrons. The molecule has 11 heteroatoms. The van der Waals surface area contributed by atoms with Gasteiger partial charge < -0.3 is 14.8 Å². The molecule has 0 unspecified atom stereocenters. The normalized spacial score (nSPS) is 13.3. The first-order valence-corrected chi connectivity index (χ1v) is 10.7. The summed E-state index contributed by atoms with van der Waals surface area (Å²) in [6, 6.07) is 10.2. The molecule has 0 saturated heterocycles. The molecule has 1 heterocycles. The van der Waals surface area contributed by atoms with Crippen molar-refractivity contribution in [1.82, 2.24) is 10.0 Å². The molecule has 1 aliphatic heterocycles. The number of non-ortho nitro benzene ring substituents is 1. The number of amides is 1. The van der Waals surface area contributed by atoms with Crippen LogP contribution in [-0.4, -0.2) is 39.0 Å². The van der Waals surface area contributed by atoms with Crippen molar-refractivity contribution in [2.24, 2.45) is 0 Å². The van der Waals surface area contributed by atoms with Gasteiger partial charge >= 0.3 is 0 Å². The molecule has 2 aromatic rings. The molecule has 0 fully saturated rings. The Morgan fingerprint density at radius 2 is 1.77 bits per heavy atom. The lowest BCUT2D eigenvalue weighted by Crippen LogP contribution is -2.30. The molecular formula is C19H21N3O7S. The number of rotatable bonds is 8. The highest BCUT2D eigenvalue weighted by molar-refractivity contribution is 7.89. The predicted molar refractivity (Wildman–Crippen MR) is 107 cm³/mol. The van der Waals surface area contributed by atoms with E-state index in [0.717, 1.165) is 0 Å². The molecule has 1 aliphatic rings. The zero-order valence-electron chi connectivity index (χ0n) is 16.0. The second kappa shape index (κ2) is 9.55. The van der Waals surface area contributed by atoms with E-state index >= 15 is 0 Å². The van der Waals surface area contributed by atoms with E-state index in [1.807, 2.05) is 0 Å². The summed E-state index contributed by atoms with van der Waals surface area (Å²) in [4.78, 5) is 22.1. The molecule has 0 aliphatic carbocycles. The Morgan fingerprint density at radius 1 is 1.07 bits per heavy atom. The van der Waals surface area contributed by atoms with Crippen LogP contribution in [0.25, 0.3) is 0 Å². The van der Waals surface area contributed by atoms with E-state index in [0.29, 0.717) is 36.7 Å². The van der Waals surface area contributed by atoms with E-state index in [2.05, 4.69) is 10.0 Å². The summed E-state index contributed by atoms with van der Waals surface area (Å²) in [5.74, 6) is 0.517. The van der Waals surface area contributed by atoms with Crippen molar-refractivity contribution >= 4 is 21.6 Å². The first-order chi connectivity index (χ1) is 14.3. The lowest BCUT2D eigenvalue weighted by atomic mass is 10.2. The number of hydrogen-bond donors (Lipinski definition) is 2. The zero-order valence-corrected chi connectivity index (χ0v) is 16.8. The molecule has 0 spiro atoms. The van der Waals surface area contributed by atoms with Gasteiger partial charge in [-0.1, -0.05) is 12.1 Å². The summed E-state index contributed by atoms with van der Waals surface area (Å²) in [6.45, 7) is 1.06. The Kier molecular flexibility index (Phi) is 6.85. The first-order valence-electron chi connectivity index (χ1n) is 9.24. The molecule has 0 bridgehead atoms. The molecule has 2 N–H and O–H groups in total. The molecule has 0 saturated carbocycles. The number of nitro benzene ring substituents is 1. The lowest BCUT2D eigenvalue weighted by Gasteiger charge is -2.11. The fourth-order valence-electron chi connectivity index (χ4n) is 2.72.